The van der Waals surface area contributed by atoms with E-state index in [9.17, 15) is 9.59 Å². The Morgan fingerprint density at radius 1 is 1.45 bits per heavy atom. The predicted octanol–water partition coefficient (Wildman–Crippen LogP) is 1.38. The van der Waals surface area contributed by atoms with Gasteiger partial charge in [-0.15, -0.1) is 0 Å². The summed E-state index contributed by atoms with van der Waals surface area (Å²) < 4.78 is 1.82. The summed E-state index contributed by atoms with van der Waals surface area (Å²) in [5, 5.41) is 4.15. The van der Waals surface area contributed by atoms with Crippen LogP contribution in [0.3, 0.4) is 0 Å². The van der Waals surface area contributed by atoms with Crippen LogP contribution in [0.2, 0.25) is 0 Å². The monoisotopic (exact) mass is 306 g/mol. The molecule has 1 aliphatic heterocycles. The van der Waals surface area contributed by atoms with Crippen molar-refractivity contribution in [3.63, 3.8) is 0 Å². The highest BCUT2D eigenvalue weighted by molar-refractivity contribution is 5.89. The highest BCUT2D eigenvalue weighted by Gasteiger charge is 2.40. The van der Waals surface area contributed by atoms with E-state index in [0.717, 1.165) is 0 Å². The van der Waals surface area contributed by atoms with Crippen LogP contribution < -0.4 is 0 Å². The van der Waals surface area contributed by atoms with E-state index in [2.05, 4.69) is 5.10 Å². The Kier molecular flexibility index (Phi) is 4.88. The third-order valence-electron chi connectivity index (χ3n) is 4.14. The van der Waals surface area contributed by atoms with Crippen molar-refractivity contribution in [2.24, 2.45) is 5.92 Å². The van der Waals surface area contributed by atoms with E-state index in [4.69, 9.17) is 0 Å². The number of hydrogen-bond acceptors (Lipinski definition) is 3. The summed E-state index contributed by atoms with van der Waals surface area (Å²) in [6.07, 6.45) is 3.95. The molecule has 1 fully saturated rings. The van der Waals surface area contributed by atoms with Gasteiger partial charge < -0.3 is 9.80 Å². The number of carbonyl (C=O) groups excluding carboxylic acids is 2. The van der Waals surface area contributed by atoms with Gasteiger partial charge in [0, 0.05) is 44.0 Å². The molecular weight excluding hydrogens is 280 g/mol. The molecule has 6 heteroatoms. The molecule has 0 bridgehead atoms. The molecule has 2 amide bonds. The second-order valence-corrected chi connectivity index (χ2v) is 6.76. The lowest BCUT2D eigenvalue weighted by molar-refractivity contribution is -0.136. The van der Waals surface area contributed by atoms with Crippen molar-refractivity contribution in [3.05, 3.63) is 18.5 Å². The van der Waals surface area contributed by atoms with Gasteiger partial charge in [0.2, 0.25) is 11.8 Å². The van der Waals surface area contributed by atoms with Gasteiger partial charge in [0.15, 0.2) is 0 Å². The lowest BCUT2D eigenvalue weighted by Gasteiger charge is -2.32. The first-order chi connectivity index (χ1) is 10.3. The highest BCUT2D eigenvalue weighted by Crippen LogP contribution is 2.27. The van der Waals surface area contributed by atoms with Crippen molar-refractivity contribution in [3.8, 4) is 0 Å². The van der Waals surface area contributed by atoms with Gasteiger partial charge in [0.1, 0.15) is 0 Å². The maximum Gasteiger partial charge on any atom is 0.228 e. The summed E-state index contributed by atoms with van der Waals surface area (Å²) in [5.74, 6) is -0.0620. The van der Waals surface area contributed by atoms with E-state index < -0.39 is 0 Å². The summed E-state index contributed by atoms with van der Waals surface area (Å²) >= 11 is 0. The Hall–Kier alpha value is -1.85. The fourth-order valence-corrected chi connectivity index (χ4v) is 2.86. The Balaban J connectivity index is 1.96. The van der Waals surface area contributed by atoms with Gasteiger partial charge in [-0.25, -0.2) is 0 Å². The zero-order valence-electron chi connectivity index (χ0n) is 14.0. The quantitative estimate of drug-likeness (QED) is 0.826. The van der Waals surface area contributed by atoms with Crippen LogP contribution in [0.5, 0.6) is 0 Å². The Bertz CT molecular complexity index is 519. The molecule has 1 unspecified atom stereocenters. The average Bonchev–Trinajstić information content (AvgIpc) is 3.07. The van der Waals surface area contributed by atoms with Gasteiger partial charge in [-0.05, 0) is 33.8 Å². The topological polar surface area (TPSA) is 58.4 Å². The minimum absolute atomic E-state index is 0.0778. The first kappa shape index (κ1) is 16.5. The molecule has 1 aromatic heterocycles. The molecule has 22 heavy (non-hydrogen) atoms. The fourth-order valence-electron chi connectivity index (χ4n) is 2.86. The summed E-state index contributed by atoms with van der Waals surface area (Å²) in [5.41, 5.74) is -0.224. The molecule has 0 aromatic carbocycles. The van der Waals surface area contributed by atoms with E-state index >= 15 is 0 Å². The molecule has 0 aliphatic carbocycles. The van der Waals surface area contributed by atoms with Crippen molar-refractivity contribution in [1.29, 1.82) is 0 Å². The van der Waals surface area contributed by atoms with Crippen LogP contribution in [-0.2, 0) is 16.1 Å². The number of rotatable bonds is 5. The van der Waals surface area contributed by atoms with Gasteiger partial charge in [0.25, 0.3) is 0 Å². The summed E-state index contributed by atoms with van der Waals surface area (Å²) in [7, 11) is 0. The lowest BCUT2D eigenvalue weighted by atomic mass is 10.1. The first-order valence-corrected chi connectivity index (χ1v) is 7.89. The Labute approximate surface area is 132 Å². The first-order valence-electron chi connectivity index (χ1n) is 7.89. The third kappa shape index (κ3) is 3.67. The molecule has 0 saturated carbocycles. The van der Waals surface area contributed by atoms with Crippen LogP contribution in [-0.4, -0.2) is 56.6 Å². The maximum absolute atomic E-state index is 12.7. The number of likely N-dealkylation sites (tertiary alicyclic amines) is 1. The molecule has 122 valence electrons. The van der Waals surface area contributed by atoms with E-state index in [1.807, 2.05) is 54.4 Å². The maximum atomic E-state index is 12.7. The summed E-state index contributed by atoms with van der Waals surface area (Å²) in [4.78, 5) is 28.4. The summed E-state index contributed by atoms with van der Waals surface area (Å²) in [6.45, 7) is 10.5. The van der Waals surface area contributed by atoms with Crippen molar-refractivity contribution in [2.45, 2.75) is 46.2 Å². The molecule has 1 atom stereocenters. The Morgan fingerprint density at radius 3 is 2.68 bits per heavy atom. The van der Waals surface area contributed by atoms with E-state index in [1.54, 1.807) is 6.20 Å². The number of hydrogen-bond donors (Lipinski definition) is 0. The number of aromatic nitrogens is 2. The number of amides is 2. The van der Waals surface area contributed by atoms with Crippen molar-refractivity contribution < 1.29 is 9.59 Å². The highest BCUT2D eigenvalue weighted by atomic mass is 16.2. The molecule has 1 saturated heterocycles. The Morgan fingerprint density at radius 2 is 2.18 bits per heavy atom. The zero-order valence-corrected chi connectivity index (χ0v) is 14.0. The van der Waals surface area contributed by atoms with Crippen LogP contribution in [0.25, 0.3) is 0 Å². The second-order valence-electron chi connectivity index (χ2n) is 6.76. The van der Waals surface area contributed by atoms with Gasteiger partial charge >= 0.3 is 0 Å². The van der Waals surface area contributed by atoms with Gasteiger partial charge in [-0.1, -0.05) is 0 Å². The number of likely N-dealkylation sites (N-methyl/N-ethyl adjacent to an activating group) is 1. The van der Waals surface area contributed by atoms with Crippen LogP contribution in [0, 0.1) is 5.92 Å². The van der Waals surface area contributed by atoms with Gasteiger partial charge in [-0.2, -0.15) is 5.10 Å². The largest absolute Gasteiger partial charge is 0.341 e. The molecule has 2 rings (SSSR count). The van der Waals surface area contributed by atoms with Crippen LogP contribution in [0.1, 0.15) is 34.1 Å². The molecular formula is C16H26N4O2. The number of nitrogens with zero attached hydrogens (tertiary/aromatic N) is 4. The molecule has 0 spiro atoms. The van der Waals surface area contributed by atoms with E-state index in [0.29, 0.717) is 32.6 Å². The van der Waals surface area contributed by atoms with Crippen molar-refractivity contribution in [1.82, 2.24) is 19.6 Å². The van der Waals surface area contributed by atoms with Crippen LogP contribution in [0.15, 0.2) is 18.5 Å². The standard InChI is InChI=1S/C16H26N4O2/c1-5-18(9-10-19-8-6-7-17-19)15(22)13-11-14(21)20(12-13)16(2,3)4/h6-8,13H,5,9-12H2,1-4H3. The predicted molar refractivity (Wildman–Crippen MR) is 84.1 cm³/mol. The van der Waals surface area contributed by atoms with Gasteiger partial charge in [0.05, 0.1) is 12.5 Å². The van der Waals surface area contributed by atoms with E-state index in [-0.39, 0.29) is 23.3 Å². The zero-order chi connectivity index (χ0) is 16.3. The van der Waals surface area contributed by atoms with Gasteiger partial charge in [-0.3, -0.25) is 14.3 Å². The second kappa shape index (κ2) is 6.50. The lowest BCUT2D eigenvalue weighted by Crippen LogP contribution is -2.44. The van der Waals surface area contributed by atoms with Crippen LogP contribution in [0.4, 0.5) is 0 Å². The molecule has 0 radical (unpaired) electrons. The minimum atomic E-state index is -0.224. The fraction of sp³-hybridized carbons (Fsp3) is 0.688. The normalized spacial score (nSPS) is 18.8. The molecule has 1 aliphatic rings. The molecule has 6 nitrogen and oxygen atoms in total. The SMILES string of the molecule is CCN(CCn1cccn1)C(=O)C1CC(=O)N(C(C)(C)C)C1. The smallest absolute Gasteiger partial charge is 0.228 e. The van der Waals surface area contributed by atoms with Crippen LogP contribution >= 0.6 is 0 Å². The minimum Gasteiger partial charge on any atom is -0.341 e. The molecule has 0 N–H and O–H groups in total. The van der Waals surface area contributed by atoms with Crippen molar-refractivity contribution in [2.75, 3.05) is 19.6 Å². The third-order valence-corrected chi connectivity index (χ3v) is 4.14. The molecule has 1 aromatic rings. The van der Waals surface area contributed by atoms with E-state index in [1.165, 1.54) is 0 Å². The summed E-state index contributed by atoms with van der Waals surface area (Å²) in [6, 6.07) is 1.87. The average molecular weight is 306 g/mol. The molecule has 2 heterocycles. The van der Waals surface area contributed by atoms with Crippen molar-refractivity contribution >= 4 is 11.8 Å². The number of carbonyl (C=O) groups is 2.